The number of ether oxygens (including phenoxy) is 1. The average molecular weight is 403 g/mol. The molecule has 2 aromatic rings. The van der Waals surface area contributed by atoms with Crippen molar-refractivity contribution >= 4 is 29.3 Å². The van der Waals surface area contributed by atoms with Crippen molar-refractivity contribution in [3.05, 3.63) is 35.2 Å². The van der Waals surface area contributed by atoms with Crippen molar-refractivity contribution in [2.45, 2.75) is 18.4 Å². The van der Waals surface area contributed by atoms with Crippen molar-refractivity contribution in [1.82, 2.24) is 14.9 Å². The third kappa shape index (κ3) is 2.89. The Bertz CT molecular complexity index is 976. The monoisotopic (exact) mass is 402 g/mol. The first kappa shape index (κ1) is 18.6. The third-order valence-corrected chi connectivity index (χ3v) is 5.70. The van der Waals surface area contributed by atoms with E-state index in [9.17, 15) is 14.7 Å². The number of amides is 1. The molecular weight excluding hydrogens is 384 g/mol. The molecule has 3 heterocycles. The molecule has 1 amide bonds. The Kier molecular flexibility index (Phi) is 4.47. The van der Waals surface area contributed by atoms with Crippen molar-refractivity contribution in [2.24, 2.45) is 0 Å². The van der Waals surface area contributed by atoms with Crippen molar-refractivity contribution in [3.8, 4) is 16.9 Å². The van der Waals surface area contributed by atoms with Crippen molar-refractivity contribution in [1.29, 1.82) is 0 Å². The number of likely N-dealkylation sites (N-methyl/N-ethyl adjacent to an activating group) is 1. The van der Waals surface area contributed by atoms with Gasteiger partial charge in [0.25, 0.3) is 0 Å². The largest absolute Gasteiger partial charge is 0.494 e. The number of aromatic carboxylic acids is 1. The highest BCUT2D eigenvalue weighted by molar-refractivity contribution is 6.29. The Hall–Kier alpha value is -2.71. The Morgan fingerprint density at radius 3 is 2.61 bits per heavy atom. The number of methoxy groups -OCH3 is 1. The molecule has 1 aliphatic carbocycles. The zero-order valence-corrected chi connectivity index (χ0v) is 16.2. The lowest BCUT2D eigenvalue weighted by Crippen LogP contribution is -2.57. The molecule has 1 spiro atoms. The summed E-state index contributed by atoms with van der Waals surface area (Å²) in [5.74, 6) is -0.332. The van der Waals surface area contributed by atoms with Crippen LogP contribution in [0, 0.1) is 0 Å². The highest BCUT2D eigenvalue weighted by Crippen LogP contribution is 2.45. The minimum atomic E-state index is -1.13. The molecule has 4 rings (SSSR count). The first-order valence-electron chi connectivity index (χ1n) is 8.84. The van der Waals surface area contributed by atoms with E-state index in [1.54, 1.807) is 17.0 Å². The van der Waals surface area contributed by atoms with Crippen LogP contribution in [0.3, 0.4) is 0 Å². The van der Waals surface area contributed by atoms with E-state index in [2.05, 4.69) is 14.9 Å². The van der Waals surface area contributed by atoms with Crippen molar-refractivity contribution in [3.63, 3.8) is 0 Å². The van der Waals surface area contributed by atoms with Crippen LogP contribution in [0.1, 0.15) is 23.2 Å². The molecule has 28 heavy (non-hydrogen) atoms. The number of carbonyl (C=O) groups is 2. The van der Waals surface area contributed by atoms with Gasteiger partial charge in [0.05, 0.1) is 18.9 Å². The second-order valence-electron chi connectivity index (χ2n) is 7.01. The molecule has 0 aromatic carbocycles. The molecule has 0 radical (unpaired) electrons. The van der Waals surface area contributed by atoms with Gasteiger partial charge < -0.3 is 9.84 Å². The van der Waals surface area contributed by atoms with Crippen LogP contribution in [0.25, 0.3) is 11.1 Å². The molecule has 0 bridgehead atoms. The Morgan fingerprint density at radius 1 is 1.21 bits per heavy atom. The first-order chi connectivity index (χ1) is 13.4. The van der Waals surface area contributed by atoms with Gasteiger partial charge in [0.15, 0.2) is 0 Å². The van der Waals surface area contributed by atoms with Gasteiger partial charge in [-0.05, 0) is 32.0 Å². The lowest BCUT2D eigenvalue weighted by atomic mass is 10.0. The molecule has 1 N–H and O–H groups in total. The number of carboxylic acids is 1. The fourth-order valence-corrected chi connectivity index (χ4v) is 3.85. The number of anilines is 1. The van der Waals surface area contributed by atoms with Crippen molar-refractivity contribution in [2.75, 3.05) is 32.1 Å². The number of hydrogen-bond donors (Lipinski definition) is 1. The molecule has 1 aliphatic heterocycles. The van der Waals surface area contributed by atoms with Gasteiger partial charge in [0.1, 0.15) is 22.3 Å². The molecular formula is C19H19ClN4O4. The number of aromatic nitrogens is 2. The van der Waals surface area contributed by atoms with E-state index in [4.69, 9.17) is 16.3 Å². The lowest BCUT2D eigenvalue weighted by molar-refractivity contribution is -0.126. The summed E-state index contributed by atoms with van der Waals surface area (Å²) in [5, 5.41) is 9.83. The van der Waals surface area contributed by atoms with Crippen LogP contribution in [-0.4, -0.2) is 64.6 Å². The summed E-state index contributed by atoms with van der Waals surface area (Å²) < 4.78 is 5.33. The highest BCUT2D eigenvalue weighted by Gasteiger charge is 2.57. The SMILES string of the molecule is COc1cnc(Cl)cc1-c1cc(N2CCN(C)C3(CC3)C2=O)ncc1C(=O)O. The van der Waals surface area contributed by atoms with Crippen LogP contribution in [0.2, 0.25) is 5.15 Å². The highest BCUT2D eigenvalue weighted by atomic mass is 35.5. The molecule has 146 valence electrons. The molecule has 2 fully saturated rings. The minimum Gasteiger partial charge on any atom is -0.494 e. The fourth-order valence-electron chi connectivity index (χ4n) is 3.69. The summed E-state index contributed by atoms with van der Waals surface area (Å²) in [4.78, 5) is 36.8. The maximum atomic E-state index is 13.0. The molecule has 2 aliphatic rings. The first-order valence-corrected chi connectivity index (χ1v) is 9.21. The second-order valence-corrected chi connectivity index (χ2v) is 7.40. The van der Waals surface area contributed by atoms with Crippen LogP contribution in [0.4, 0.5) is 5.82 Å². The normalized spacial score (nSPS) is 18.4. The van der Waals surface area contributed by atoms with E-state index in [-0.39, 0.29) is 16.6 Å². The summed E-state index contributed by atoms with van der Waals surface area (Å²) in [7, 11) is 3.43. The minimum absolute atomic E-state index is 0.00232. The smallest absolute Gasteiger partial charge is 0.337 e. The van der Waals surface area contributed by atoms with Crippen LogP contribution < -0.4 is 9.64 Å². The van der Waals surface area contributed by atoms with Gasteiger partial charge in [-0.3, -0.25) is 14.6 Å². The number of nitrogens with zero attached hydrogens (tertiary/aromatic N) is 4. The summed E-state index contributed by atoms with van der Waals surface area (Å²) >= 11 is 6.03. The van der Waals surface area contributed by atoms with E-state index in [1.165, 1.54) is 19.5 Å². The average Bonchev–Trinajstić information content (AvgIpc) is 3.48. The van der Waals surface area contributed by atoms with Crippen LogP contribution in [0.15, 0.2) is 24.5 Å². The van der Waals surface area contributed by atoms with Crippen LogP contribution >= 0.6 is 11.6 Å². The van der Waals surface area contributed by atoms with E-state index < -0.39 is 11.5 Å². The predicted octanol–water partition coefficient (Wildman–Crippen LogP) is 2.31. The second kappa shape index (κ2) is 6.72. The van der Waals surface area contributed by atoms with Crippen LogP contribution in [0.5, 0.6) is 5.75 Å². The summed E-state index contributed by atoms with van der Waals surface area (Å²) in [5.41, 5.74) is 0.400. The zero-order chi connectivity index (χ0) is 20.1. The zero-order valence-electron chi connectivity index (χ0n) is 15.5. The Labute approximate surface area is 166 Å². The van der Waals surface area contributed by atoms with E-state index in [1.807, 2.05) is 7.05 Å². The van der Waals surface area contributed by atoms with Gasteiger partial charge in [-0.2, -0.15) is 0 Å². The number of rotatable bonds is 4. The Balaban J connectivity index is 1.82. The number of halogens is 1. The maximum absolute atomic E-state index is 13.0. The Morgan fingerprint density at radius 2 is 1.96 bits per heavy atom. The van der Waals surface area contributed by atoms with Gasteiger partial charge in [0, 0.05) is 30.4 Å². The molecule has 1 saturated heterocycles. The maximum Gasteiger partial charge on any atom is 0.337 e. The number of carboxylic acid groups (broad SMARTS) is 1. The molecule has 2 aromatic heterocycles. The lowest BCUT2D eigenvalue weighted by Gasteiger charge is -2.38. The molecule has 8 nitrogen and oxygen atoms in total. The standard InChI is InChI=1S/C19H19ClN4O4/c1-23-5-6-24(18(27)19(23)3-4-19)16-8-11(13(9-22-16)17(25)26)12-7-15(20)21-10-14(12)28-2/h7-10H,3-6H2,1-2H3,(H,25,26). The van der Waals surface area contributed by atoms with Crippen LogP contribution in [-0.2, 0) is 4.79 Å². The molecule has 1 saturated carbocycles. The molecule has 0 unspecified atom stereocenters. The fraction of sp³-hybridized carbons (Fsp3) is 0.368. The number of pyridine rings is 2. The number of piperazine rings is 1. The van der Waals surface area contributed by atoms with Gasteiger partial charge >= 0.3 is 5.97 Å². The number of carbonyl (C=O) groups excluding carboxylic acids is 1. The predicted molar refractivity (Wildman–Crippen MR) is 103 cm³/mol. The van der Waals surface area contributed by atoms with E-state index in [0.29, 0.717) is 29.2 Å². The van der Waals surface area contributed by atoms with E-state index in [0.717, 1.165) is 19.4 Å². The number of hydrogen-bond acceptors (Lipinski definition) is 6. The third-order valence-electron chi connectivity index (χ3n) is 5.50. The summed E-state index contributed by atoms with van der Waals surface area (Å²) in [6.45, 7) is 1.22. The topological polar surface area (TPSA) is 95.9 Å². The van der Waals surface area contributed by atoms with Gasteiger partial charge in [-0.15, -0.1) is 0 Å². The quantitative estimate of drug-likeness (QED) is 0.784. The van der Waals surface area contributed by atoms with Gasteiger partial charge in [0.2, 0.25) is 5.91 Å². The summed E-state index contributed by atoms with van der Waals surface area (Å²) in [6, 6.07) is 3.15. The summed E-state index contributed by atoms with van der Waals surface area (Å²) in [6.07, 6.45) is 4.36. The van der Waals surface area contributed by atoms with E-state index >= 15 is 0 Å². The van der Waals surface area contributed by atoms with Crippen molar-refractivity contribution < 1.29 is 19.4 Å². The molecule has 0 atom stereocenters. The molecule has 9 heteroatoms. The van der Waals surface area contributed by atoms with Gasteiger partial charge in [-0.25, -0.2) is 14.8 Å². The van der Waals surface area contributed by atoms with Gasteiger partial charge in [-0.1, -0.05) is 11.6 Å².